The molecule has 0 aromatic heterocycles. The van der Waals surface area contributed by atoms with E-state index in [1.165, 1.54) is 32.4 Å². The van der Waals surface area contributed by atoms with Crippen LogP contribution < -0.4 is 10.1 Å². The molecule has 0 atom stereocenters. The third-order valence-corrected chi connectivity index (χ3v) is 3.31. The molecule has 1 aromatic carbocycles. The molecule has 0 saturated heterocycles. The Morgan fingerprint density at radius 3 is 2.61 bits per heavy atom. The van der Waals surface area contributed by atoms with Crippen molar-refractivity contribution in [2.75, 3.05) is 12.4 Å². The summed E-state index contributed by atoms with van der Waals surface area (Å²) in [5, 5.41) is 14.2. The summed E-state index contributed by atoms with van der Waals surface area (Å²) in [6, 6.07) is 5.23. The topological polar surface area (TPSA) is 64.4 Å². The maximum atomic E-state index is 10.8. The maximum Gasteiger partial charge on any atom is 0.275 e. The fourth-order valence-corrected chi connectivity index (χ4v) is 2.37. The molecule has 1 aliphatic carbocycles. The van der Waals surface area contributed by atoms with E-state index in [0.29, 0.717) is 11.8 Å². The minimum atomic E-state index is -0.394. The van der Waals surface area contributed by atoms with E-state index in [0.717, 1.165) is 18.5 Å². The van der Waals surface area contributed by atoms with Crippen molar-refractivity contribution in [3.8, 4) is 5.75 Å². The van der Waals surface area contributed by atoms with Crippen molar-refractivity contribution in [1.82, 2.24) is 0 Å². The zero-order chi connectivity index (χ0) is 13.0. The van der Waals surface area contributed by atoms with Crippen molar-refractivity contribution >= 4 is 11.4 Å². The largest absolute Gasteiger partial charge is 0.496 e. The normalized spacial score (nSPS) is 16.3. The highest BCUT2D eigenvalue weighted by Gasteiger charge is 2.15. The Morgan fingerprint density at radius 2 is 2.00 bits per heavy atom. The lowest BCUT2D eigenvalue weighted by Gasteiger charge is -2.23. The molecule has 98 valence electrons. The predicted octanol–water partition coefficient (Wildman–Crippen LogP) is 3.35. The van der Waals surface area contributed by atoms with E-state index in [-0.39, 0.29) is 5.69 Å². The van der Waals surface area contributed by atoms with Crippen LogP contribution in [0.2, 0.25) is 0 Å². The van der Waals surface area contributed by atoms with Crippen molar-refractivity contribution in [3.63, 3.8) is 0 Å². The molecule has 0 heterocycles. The number of rotatable bonds is 4. The standard InChI is InChI=1S/C13H18N2O3/c1-18-13-8-11(7-12(9-13)15(16)17)14-10-5-3-2-4-6-10/h7-10,14H,2-6H2,1H3. The average Bonchev–Trinajstić information content (AvgIpc) is 2.39. The Bertz CT molecular complexity index is 428. The molecule has 0 spiro atoms. The number of anilines is 1. The van der Waals surface area contributed by atoms with Crippen LogP contribution in [0, 0.1) is 10.1 Å². The Labute approximate surface area is 106 Å². The predicted molar refractivity (Wildman–Crippen MR) is 70.1 cm³/mol. The fraction of sp³-hybridized carbons (Fsp3) is 0.538. The molecular formula is C13H18N2O3. The molecule has 0 unspecified atom stereocenters. The number of nitrogens with one attached hydrogen (secondary N) is 1. The minimum absolute atomic E-state index is 0.0626. The summed E-state index contributed by atoms with van der Waals surface area (Å²) in [4.78, 5) is 10.4. The SMILES string of the molecule is COc1cc(NC2CCCCC2)cc([N+](=O)[O-])c1. The Kier molecular flexibility index (Phi) is 4.02. The molecule has 1 fully saturated rings. The summed E-state index contributed by atoms with van der Waals surface area (Å²) in [6.07, 6.45) is 6.00. The number of benzene rings is 1. The Morgan fingerprint density at radius 1 is 1.28 bits per heavy atom. The molecular weight excluding hydrogens is 232 g/mol. The first kappa shape index (κ1) is 12.7. The molecule has 0 radical (unpaired) electrons. The number of non-ortho nitro benzene ring substituents is 1. The Balaban J connectivity index is 2.15. The van der Waals surface area contributed by atoms with Gasteiger partial charge in [-0.2, -0.15) is 0 Å². The highest BCUT2D eigenvalue weighted by molar-refractivity contribution is 5.56. The van der Waals surface area contributed by atoms with Crippen molar-refractivity contribution < 1.29 is 9.66 Å². The molecule has 0 amide bonds. The first-order chi connectivity index (χ1) is 8.69. The van der Waals surface area contributed by atoms with Crippen molar-refractivity contribution in [2.24, 2.45) is 0 Å². The molecule has 2 rings (SSSR count). The average molecular weight is 250 g/mol. The van der Waals surface area contributed by atoms with E-state index < -0.39 is 4.92 Å². The Hall–Kier alpha value is -1.78. The monoisotopic (exact) mass is 250 g/mol. The van der Waals surface area contributed by atoms with Crippen LogP contribution in [0.3, 0.4) is 0 Å². The van der Waals surface area contributed by atoms with Crippen molar-refractivity contribution in [3.05, 3.63) is 28.3 Å². The molecule has 18 heavy (non-hydrogen) atoms. The second-order valence-electron chi connectivity index (χ2n) is 4.66. The van der Waals surface area contributed by atoms with Gasteiger partial charge in [0.15, 0.2) is 0 Å². The first-order valence-electron chi connectivity index (χ1n) is 6.29. The van der Waals surface area contributed by atoms with Gasteiger partial charge in [0, 0.05) is 23.9 Å². The lowest BCUT2D eigenvalue weighted by molar-refractivity contribution is -0.384. The second-order valence-corrected chi connectivity index (χ2v) is 4.66. The number of hydrogen-bond acceptors (Lipinski definition) is 4. The van der Waals surface area contributed by atoms with Crippen LogP contribution >= 0.6 is 0 Å². The fourth-order valence-electron chi connectivity index (χ4n) is 2.37. The van der Waals surface area contributed by atoms with Crippen molar-refractivity contribution in [2.45, 2.75) is 38.1 Å². The van der Waals surface area contributed by atoms with Crippen LogP contribution in [0.5, 0.6) is 5.75 Å². The van der Waals surface area contributed by atoms with Gasteiger partial charge in [0.2, 0.25) is 0 Å². The summed E-state index contributed by atoms with van der Waals surface area (Å²) in [5.41, 5.74) is 0.834. The first-order valence-corrected chi connectivity index (χ1v) is 6.29. The molecule has 5 heteroatoms. The summed E-state index contributed by atoms with van der Waals surface area (Å²) < 4.78 is 5.09. The van der Waals surface area contributed by atoms with Crippen LogP contribution in [0.4, 0.5) is 11.4 Å². The van der Waals surface area contributed by atoms with E-state index in [9.17, 15) is 10.1 Å². The maximum absolute atomic E-state index is 10.8. The number of nitrogens with zero attached hydrogens (tertiary/aromatic N) is 1. The van der Waals surface area contributed by atoms with E-state index in [2.05, 4.69) is 5.32 Å². The third-order valence-electron chi connectivity index (χ3n) is 3.31. The number of hydrogen-bond donors (Lipinski definition) is 1. The van der Waals surface area contributed by atoms with E-state index in [4.69, 9.17) is 4.74 Å². The van der Waals surface area contributed by atoms with Gasteiger partial charge in [-0.25, -0.2) is 0 Å². The molecule has 5 nitrogen and oxygen atoms in total. The summed E-state index contributed by atoms with van der Waals surface area (Å²) in [5.74, 6) is 0.516. The lowest BCUT2D eigenvalue weighted by Crippen LogP contribution is -2.22. The highest BCUT2D eigenvalue weighted by atomic mass is 16.6. The van der Waals surface area contributed by atoms with Gasteiger partial charge in [0.25, 0.3) is 5.69 Å². The summed E-state index contributed by atoms with van der Waals surface area (Å²) in [6.45, 7) is 0. The van der Waals surface area contributed by atoms with Crippen molar-refractivity contribution in [1.29, 1.82) is 0 Å². The highest BCUT2D eigenvalue weighted by Crippen LogP contribution is 2.28. The van der Waals surface area contributed by atoms with Gasteiger partial charge < -0.3 is 10.1 Å². The zero-order valence-electron chi connectivity index (χ0n) is 10.5. The third kappa shape index (κ3) is 3.12. The van der Waals surface area contributed by atoms with Gasteiger partial charge in [0.05, 0.1) is 18.1 Å². The molecule has 1 aliphatic rings. The smallest absolute Gasteiger partial charge is 0.275 e. The van der Waals surface area contributed by atoms with Gasteiger partial charge in [0.1, 0.15) is 5.75 Å². The number of nitro groups is 1. The molecule has 1 aromatic rings. The number of methoxy groups -OCH3 is 1. The van der Waals surface area contributed by atoms with E-state index in [1.54, 1.807) is 6.07 Å². The molecule has 1 N–H and O–H groups in total. The summed E-state index contributed by atoms with van der Waals surface area (Å²) >= 11 is 0. The minimum Gasteiger partial charge on any atom is -0.496 e. The van der Waals surface area contributed by atoms with Crippen LogP contribution in [0.25, 0.3) is 0 Å². The lowest BCUT2D eigenvalue weighted by atomic mass is 9.95. The van der Waals surface area contributed by atoms with Crippen LogP contribution in [-0.2, 0) is 0 Å². The van der Waals surface area contributed by atoms with Gasteiger partial charge in [-0.15, -0.1) is 0 Å². The van der Waals surface area contributed by atoms with Crippen LogP contribution in [0.15, 0.2) is 18.2 Å². The quantitative estimate of drug-likeness (QED) is 0.657. The zero-order valence-corrected chi connectivity index (χ0v) is 10.5. The summed E-state index contributed by atoms with van der Waals surface area (Å²) in [7, 11) is 1.52. The number of ether oxygens (including phenoxy) is 1. The second kappa shape index (κ2) is 5.71. The number of nitro benzene ring substituents is 1. The molecule has 0 aliphatic heterocycles. The van der Waals surface area contributed by atoms with Gasteiger partial charge >= 0.3 is 0 Å². The van der Waals surface area contributed by atoms with Crippen LogP contribution in [0.1, 0.15) is 32.1 Å². The van der Waals surface area contributed by atoms with Gasteiger partial charge in [-0.3, -0.25) is 10.1 Å². The van der Waals surface area contributed by atoms with Gasteiger partial charge in [-0.1, -0.05) is 19.3 Å². The van der Waals surface area contributed by atoms with Crippen LogP contribution in [-0.4, -0.2) is 18.1 Å². The van der Waals surface area contributed by atoms with E-state index in [1.807, 2.05) is 6.07 Å². The van der Waals surface area contributed by atoms with E-state index >= 15 is 0 Å². The molecule has 1 saturated carbocycles. The van der Waals surface area contributed by atoms with Gasteiger partial charge in [-0.05, 0) is 12.8 Å². The molecule has 0 bridgehead atoms.